The fourth-order valence-electron chi connectivity index (χ4n) is 1.22. The van der Waals surface area contributed by atoms with Gasteiger partial charge in [-0.2, -0.15) is 0 Å². The van der Waals surface area contributed by atoms with Crippen LogP contribution >= 0.6 is 0 Å². The minimum absolute atomic E-state index is 0.0793. The van der Waals surface area contributed by atoms with E-state index in [-0.39, 0.29) is 18.5 Å². The van der Waals surface area contributed by atoms with Gasteiger partial charge in [-0.1, -0.05) is 0 Å². The number of rotatable bonds is 3. The number of carbonyl (C=O) groups is 1. The number of hydrogen-bond acceptors (Lipinski definition) is 4. The van der Waals surface area contributed by atoms with Crippen molar-refractivity contribution >= 4 is 5.97 Å². The lowest BCUT2D eigenvalue weighted by Gasteiger charge is -2.07. The summed E-state index contributed by atoms with van der Waals surface area (Å²) in [4.78, 5) is 11.1. The zero-order valence-electron chi connectivity index (χ0n) is 7.16. The third-order valence-corrected chi connectivity index (χ3v) is 1.89. The van der Waals surface area contributed by atoms with Gasteiger partial charge in [-0.15, -0.1) is 0 Å². The monoisotopic (exact) mass is 174 g/mol. The molecule has 0 amide bonds. The quantitative estimate of drug-likeness (QED) is 0.609. The SMILES string of the molecule is CCOC(=O)[C@H]1C[C@@H](CO)CO1. The fourth-order valence-corrected chi connectivity index (χ4v) is 1.22. The molecule has 2 atom stereocenters. The van der Waals surface area contributed by atoms with E-state index in [1.807, 2.05) is 0 Å². The Morgan fingerprint density at radius 2 is 2.50 bits per heavy atom. The van der Waals surface area contributed by atoms with Crippen LogP contribution in [0.5, 0.6) is 0 Å². The molecule has 70 valence electrons. The van der Waals surface area contributed by atoms with Gasteiger partial charge >= 0.3 is 5.97 Å². The van der Waals surface area contributed by atoms with Gasteiger partial charge in [0, 0.05) is 12.5 Å². The van der Waals surface area contributed by atoms with Gasteiger partial charge in [-0.25, -0.2) is 4.79 Å². The van der Waals surface area contributed by atoms with Crippen LogP contribution in [0.2, 0.25) is 0 Å². The topological polar surface area (TPSA) is 55.8 Å². The van der Waals surface area contributed by atoms with E-state index in [1.165, 1.54) is 0 Å². The van der Waals surface area contributed by atoms with E-state index in [4.69, 9.17) is 14.6 Å². The molecule has 0 saturated carbocycles. The van der Waals surface area contributed by atoms with E-state index < -0.39 is 6.10 Å². The molecule has 1 aliphatic heterocycles. The summed E-state index contributed by atoms with van der Waals surface area (Å²) < 4.78 is 9.91. The Labute approximate surface area is 71.5 Å². The summed E-state index contributed by atoms with van der Waals surface area (Å²) in [7, 11) is 0. The normalized spacial score (nSPS) is 28.8. The van der Waals surface area contributed by atoms with Crippen LogP contribution in [0.3, 0.4) is 0 Å². The Morgan fingerprint density at radius 1 is 1.75 bits per heavy atom. The van der Waals surface area contributed by atoms with Gasteiger partial charge in [-0.3, -0.25) is 0 Å². The minimum Gasteiger partial charge on any atom is -0.464 e. The molecule has 0 aliphatic carbocycles. The fraction of sp³-hybridized carbons (Fsp3) is 0.875. The molecule has 1 aliphatic rings. The lowest BCUT2D eigenvalue weighted by molar-refractivity contribution is -0.153. The molecular formula is C8H14O4. The number of carbonyl (C=O) groups excluding carboxylic acids is 1. The molecule has 0 aromatic heterocycles. The van der Waals surface area contributed by atoms with E-state index >= 15 is 0 Å². The highest BCUT2D eigenvalue weighted by molar-refractivity contribution is 5.74. The van der Waals surface area contributed by atoms with Crippen molar-refractivity contribution < 1.29 is 19.4 Å². The van der Waals surface area contributed by atoms with Gasteiger partial charge in [-0.05, 0) is 13.3 Å². The number of hydrogen-bond donors (Lipinski definition) is 1. The molecule has 1 rings (SSSR count). The van der Waals surface area contributed by atoms with Crippen molar-refractivity contribution in [2.24, 2.45) is 5.92 Å². The van der Waals surface area contributed by atoms with Crippen molar-refractivity contribution in [3.63, 3.8) is 0 Å². The molecule has 0 bridgehead atoms. The third kappa shape index (κ3) is 2.19. The van der Waals surface area contributed by atoms with Crippen molar-refractivity contribution in [1.29, 1.82) is 0 Å². The van der Waals surface area contributed by atoms with Crippen molar-refractivity contribution in [2.75, 3.05) is 19.8 Å². The summed E-state index contributed by atoms with van der Waals surface area (Å²) in [5.74, 6) is -0.215. The third-order valence-electron chi connectivity index (χ3n) is 1.89. The Kier molecular flexibility index (Phi) is 3.49. The molecule has 1 saturated heterocycles. The lowest BCUT2D eigenvalue weighted by atomic mass is 10.1. The van der Waals surface area contributed by atoms with Crippen molar-refractivity contribution in [2.45, 2.75) is 19.4 Å². The second-order valence-electron chi connectivity index (χ2n) is 2.86. The first-order valence-electron chi connectivity index (χ1n) is 4.17. The van der Waals surface area contributed by atoms with Gasteiger partial charge < -0.3 is 14.6 Å². The summed E-state index contributed by atoms with van der Waals surface area (Å²) in [6.45, 7) is 2.68. The lowest BCUT2D eigenvalue weighted by Crippen LogP contribution is -2.22. The first kappa shape index (κ1) is 9.48. The maximum Gasteiger partial charge on any atom is 0.335 e. The van der Waals surface area contributed by atoms with Gasteiger partial charge in [0.25, 0.3) is 0 Å². The predicted octanol–water partition coefficient (Wildman–Crippen LogP) is -0.0531. The predicted molar refractivity (Wildman–Crippen MR) is 41.6 cm³/mol. The summed E-state index contributed by atoms with van der Waals surface area (Å²) in [5, 5.41) is 8.76. The zero-order valence-corrected chi connectivity index (χ0v) is 7.16. The van der Waals surface area contributed by atoms with Crippen LogP contribution < -0.4 is 0 Å². The summed E-state index contributed by atoms with van der Waals surface area (Å²) >= 11 is 0. The van der Waals surface area contributed by atoms with Gasteiger partial charge in [0.05, 0.1) is 13.2 Å². The Bertz CT molecular complexity index is 157. The van der Waals surface area contributed by atoms with Crippen molar-refractivity contribution in [3.8, 4) is 0 Å². The minimum atomic E-state index is -0.456. The summed E-state index contributed by atoms with van der Waals surface area (Å²) in [6, 6.07) is 0. The molecule has 1 fully saturated rings. The number of ether oxygens (including phenoxy) is 2. The van der Waals surface area contributed by atoms with Crippen LogP contribution in [0, 0.1) is 5.92 Å². The molecule has 4 heteroatoms. The number of aliphatic hydroxyl groups is 1. The molecule has 0 unspecified atom stereocenters. The highest BCUT2D eigenvalue weighted by Gasteiger charge is 2.31. The van der Waals surface area contributed by atoms with E-state index in [0.29, 0.717) is 19.6 Å². The summed E-state index contributed by atoms with van der Waals surface area (Å²) in [5.41, 5.74) is 0. The molecule has 4 nitrogen and oxygen atoms in total. The first-order valence-corrected chi connectivity index (χ1v) is 4.17. The van der Waals surface area contributed by atoms with Crippen LogP contribution in [0.25, 0.3) is 0 Å². The van der Waals surface area contributed by atoms with Crippen LogP contribution in [0.15, 0.2) is 0 Å². The van der Waals surface area contributed by atoms with E-state index in [2.05, 4.69) is 0 Å². The van der Waals surface area contributed by atoms with Gasteiger partial charge in [0.15, 0.2) is 6.10 Å². The average molecular weight is 174 g/mol. The van der Waals surface area contributed by atoms with Gasteiger partial charge in [0.1, 0.15) is 0 Å². The largest absolute Gasteiger partial charge is 0.464 e. The molecule has 0 radical (unpaired) electrons. The Hall–Kier alpha value is -0.610. The number of esters is 1. The number of aliphatic hydroxyl groups excluding tert-OH is 1. The van der Waals surface area contributed by atoms with Crippen LogP contribution in [0.1, 0.15) is 13.3 Å². The zero-order chi connectivity index (χ0) is 8.97. The smallest absolute Gasteiger partial charge is 0.335 e. The molecule has 0 aromatic carbocycles. The first-order chi connectivity index (χ1) is 5.77. The van der Waals surface area contributed by atoms with Crippen LogP contribution in [-0.2, 0) is 14.3 Å². The van der Waals surface area contributed by atoms with Crippen LogP contribution in [0.4, 0.5) is 0 Å². The molecule has 0 spiro atoms. The second kappa shape index (κ2) is 4.42. The Morgan fingerprint density at radius 3 is 3.00 bits per heavy atom. The average Bonchev–Trinajstić information content (AvgIpc) is 2.52. The highest BCUT2D eigenvalue weighted by Crippen LogP contribution is 2.19. The van der Waals surface area contributed by atoms with E-state index in [1.54, 1.807) is 6.92 Å². The summed E-state index contributed by atoms with van der Waals surface area (Å²) in [6.07, 6.45) is 0.122. The maximum absolute atomic E-state index is 11.1. The van der Waals surface area contributed by atoms with Crippen molar-refractivity contribution in [1.82, 2.24) is 0 Å². The maximum atomic E-state index is 11.1. The molecular weight excluding hydrogens is 160 g/mol. The van der Waals surface area contributed by atoms with E-state index in [0.717, 1.165) is 0 Å². The highest BCUT2D eigenvalue weighted by atomic mass is 16.6. The molecule has 0 aromatic rings. The standard InChI is InChI=1S/C8H14O4/c1-2-11-8(10)7-3-6(4-9)5-12-7/h6-7,9H,2-5H2,1H3/t6-,7+/m0/s1. The Balaban J connectivity index is 2.31. The second-order valence-corrected chi connectivity index (χ2v) is 2.86. The molecule has 12 heavy (non-hydrogen) atoms. The molecule has 1 heterocycles. The van der Waals surface area contributed by atoms with E-state index in [9.17, 15) is 4.79 Å². The van der Waals surface area contributed by atoms with Gasteiger partial charge in [0.2, 0.25) is 0 Å². The van der Waals surface area contributed by atoms with Crippen molar-refractivity contribution in [3.05, 3.63) is 0 Å². The van der Waals surface area contributed by atoms with Crippen LogP contribution in [-0.4, -0.2) is 37.0 Å². The molecule has 1 N–H and O–H groups in total.